The van der Waals surface area contributed by atoms with Crippen molar-refractivity contribution in [2.75, 3.05) is 26.2 Å². The first-order valence-electron chi connectivity index (χ1n) is 5.04. The lowest BCUT2D eigenvalue weighted by Gasteiger charge is -2.35. The maximum atomic E-state index is 11.4. The van der Waals surface area contributed by atoms with Crippen molar-refractivity contribution in [1.82, 2.24) is 15.5 Å². The van der Waals surface area contributed by atoms with Crippen LogP contribution in [-0.2, 0) is 0 Å². The second-order valence-corrected chi connectivity index (χ2v) is 3.96. The minimum Gasteiger partial charge on any atom is -0.336 e. The van der Waals surface area contributed by atoms with Gasteiger partial charge in [-0.05, 0) is 25.4 Å². The summed E-state index contributed by atoms with van der Waals surface area (Å²) in [5.41, 5.74) is 0. The summed E-state index contributed by atoms with van der Waals surface area (Å²) in [6.07, 6.45) is 1.09. The van der Waals surface area contributed by atoms with Gasteiger partial charge in [-0.1, -0.05) is 6.92 Å². The molecule has 74 valence electrons. The fourth-order valence-corrected chi connectivity index (χ4v) is 2.27. The number of carbonyl (C=O) groups excluding carboxylic acids is 1. The first-order chi connectivity index (χ1) is 6.29. The minimum absolute atomic E-state index is 0.124. The van der Waals surface area contributed by atoms with Gasteiger partial charge in [-0.25, -0.2) is 4.79 Å². The average molecular weight is 183 g/mol. The Morgan fingerprint density at radius 1 is 1.46 bits per heavy atom. The Morgan fingerprint density at radius 2 is 2.31 bits per heavy atom. The molecule has 0 aromatic rings. The Morgan fingerprint density at radius 3 is 2.92 bits per heavy atom. The van der Waals surface area contributed by atoms with Gasteiger partial charge in [0.2, 0.25) is 0 Å². The quantitative estimate of drug-likeness (QED) is 0.601. The van der Waals surface area contributed by atoms with Crippen LogP contribution in [0.4, 0.5) is 4.79 Å². The highest BCUT2D eigenvalue weighted by atomic mass is 16.2. The van der Waals surface area contributed by atoms with Gasteiger partial charge in [-0.3, -0.25) is 0 Å². The summed E-state index contributed by atoms with van der Waals surface area (Å²) >= 11 is 0. The van der Waals surface area contributed by atoms with Crippen LogP contribution in [0.2, 0.25) is 0 Å². The normalized spacial score (nSPS) is 34.8. The van der Waals surface area contributed by atoms with Crippen molar-refractivity contribution < 1.29 is 4.79 Å². The molecule has 2 heterocycles. The third-order valence-electron chi connectivity index (χ3n) is 3.03. The zero-order valence-electron chi connectivity index (χ0n) is 8.05. The van der Waals surface area contributed by atoms with Crippen LogP contribution in [0.3, 0.4) is 0 Å². The standard InChI is InChI=1S/C9H17N3O/c1-7-6-10-3-2-8(7)12-5-4-11-9(12)13/h7-8,10H,2-6H2,1H3,(H,11,13). The van der Waals surface area contributed by atoms with Crippen LogP contribution in [-0.4, -0.2) is 43.2 Å². The molecule has 0 aromatic heterocycles. The smallest absolute Gasteiger partial charge is 0.317 e. The van der Waals surface area contributed by atoms with Crippen LogP contribution in [0, 0.1) is 5.92 Å². The third kappa shape index (κ3) is 1.63. The number of urea groups is 1. The number of hydrogen-bond acceptors (Lipinski definition) is 2. The van der Waals surface area contributed by atoms with Crippen molar-refractivity contribution in [1.29, 1.82) is 0 Å². The Hall–Kier alpha value is -0.770. The molecule has 2 amide bonds. The van der Waals surface area contributed by atoms with Gasteiger partial charge >= 0.3 is 6.03 Å². The van der Waals surface area contributed by atoms with Gasteiger partial charge < -0.3 is 15.5 Å². The summed E-state index contributed by atoms with van der Waals surface area (Å²) in [7, 11) is 0. The van der Waals surface area contributed by atoms with Crippen LogP contribution in [0.15, 0.2) is 0 Å². The van der Waals surface area contributed by atoms with Crippen molar-refractivity contribution in [3.8, 4) is 0 Å². The predicted molar refractivity (Wildman–Crippen MR) is 50.5 cm³/mol. The molecule has 0 spiro atoms. The van der Waals surface area contributed by atoms with E-state index in [0.29, 0.717) is 12.0 Å². The number of carbonyl (C=O) groups is 1. The van der Waals surface area contributed by atoms with Crippen LogP contribution in [0.1, 0.15) is 13.3 Å². The van der Waals surface area contributed by atoms with E-state index in [4.69, 9.17) is 0 Å². The van der Waals surface area contributed by atoms with Gasteiger partial charge in [0, 0.05) is 19.1 Å². The number of hydrogen-bond donors (Lipinski definition) is 2. The molecule has 2 atom stereocenters. The first kappa shape index (κ1) is 8.81. The van der Waals surface area contributed by atoms with Gasteiger partial charge in [0.25, 0.3) is 0 Å². The van der Waals surface area contributed by atoms with Gasteiger partial charge in [0.05, 0.1) is 0 Å². The molecule has 2 N–H and O–H groups in total. The average Bonchev–Trinajstić information content (AvgIpc) is 2.52. The maximum absolute atomic E-state index is 11.4. The third-order valence-corrected chi connectivity index (χ3v) is 3.03. The van der Waals surface area contributed by atoms with Crippen molar-refractivity contribution in [3.05, 3.63) is 0 Å². The molecule has 4 nitrogen and oxygen atoms in total. The largest absolute Gasteiger partial charge is 0.336 e. The lowest BCUT2D eigenvalue weighted by atomic mass is 9.94. The molecule has 0 radical (unpaired) electrons. The molecular formula is C9H17N3O. The molecular weight excluding hydrogens is 166 g/mol. The molecule has 2 fully saturated rings. The summed E-state index contributed by atoms with van der Waals surface area (Å²) in [5.74, 6) is 0.581. The molecule has 0 aromatic carbocycles. The molecule has 13 heavy (non-hydrogen) atoms. The Balaban J connectivity index is 2.01. The summed E-state index contributed by atoms with van der Waals surface area (Å²) in [4.78, 5) is 13.4. The number of nitrogens with one attached hydrogen (secondary N) is 2. The van der Waals surface area contributed by atoms with Gasteiger partial charge in [0.1, 0.15) is 0 Å². The van der Waals surface area contributed by atoms with E-state index < -0.39 is 0 Å². The summed E-state index contributed by atoms with van der Waals surface area (Å²) in [5, 5.41) is 6.20. The Labute approximate surface area is 78.7 Å². The van der Waals surface area contributed by atoms with E-state index in [9.17, 15) is 4.79 Å². The lowest BCUT2D eigenvalue weighted by Crippen LogP contribution is -2.49. The van der Waals surface area contributed by atoms with Crippen LogP contribution in [0.25, 0.3) is 0 Å². The van der Waals surface area contributed by atoms with E-state index in [1.165, 1.54) is 0 Å². The summed E-state index contributed by atoms with van der Waals surface area (Å²) < 4.78 is 0. The fourth-order valence-electron chi connectivity index (χ4n) is 2.27. The van der Waals surface area contributed by atoms with Crippen LogP contribution >= 0.6 is 0 Å². The SMILES string of the molecule is CC1CNCCC1N1CCNC1=O. The summed E-state index contributed by atoms with van der Waals surface area (Å²) in [6, 6.07) is 0.572. The first-order valence-corrected chi connectivity index (χ1v) is 5.04. The van der Waals surface area contributed by atoms with Crippen LogP contribution in [0.5, 0.6) is 0 Å². The number of amides is 2. The number of nitrogens with zero attached hydrogens (tertiary/aromatic N) is 1. The van der Waals surface area contributed by atoms with E-state index in [-0.39, 0.29) is 6.03 Å². The fraction of sp³-hybridized carbons (Fsp3) is 0.889. The number of piperidine rings is 1. The second kappa shape index (κ2) is 3.54. The van der Waals surface area contributed by atoms with E-state index in [1.807, 2.05) is 4.90 Å². The molecule has 0 bridgehead atoms. The van der Waals surface area contributed by atoms with Crippen molar-refractivity contribution in [2.24, 2.45) is 5.92 Å². The molecule has 0 aliphatic carbocycles. The highest BCUT2D eigenvalue weighted by molar-refractivity contribution is 5.76. The molecule has 2 unspecified atom stereocenters. The summed E-state index contributed by atoms with van der Waals surface area (Å²) in [6.45, 7) is 5.99. The Kier molecular flexibility index (Phi) is 2.40. The van der Waals surface area contributed by atoms with Crippen molar-refractivity contribution in [3.63, 3.8) is 0 Å². The minimum atomic E-state index is 0.124. The highest BCUT2D eigenvalue weighted by Crippen LogP contribution is 2.19. The molecule has 2 rings (SSSR count). The number of rotatable bonds is 1. The zero-order valence-corrected chi connectivity index (χ0v) is 8.05. The monoisotopic (exact) mass is 183 g/mol. The predicted octanol–water partition coefficient (Wildman–Crippen LogP) is 0.00960. The van der Waals surface area contributed by atoms with E-state index in [2.05, 4.69) is 17.6 Å². The molecule has 2 aliphatic heterocycles. The lowest BCUT2D eigenvalue weighted by molar-refractivity contribution is 0.154. The molecule has 2 saturated heterocycles. The molecule has 2 aliphatic rings. The van der Waals surface area contributed by atoms with E-state index in [0.717, 1.165) is 32.6 Å². The molecule has 0 saturated carbocycles. The van der Waals surface area contributed by atoms with E-state index in [1.54, 1.807) is 0 Å². The molecule has 4 heteroatoms. The second-order valence-electron chi connectivity index (χ2n) is 3.96. The van der Waals surface area contributed by atoms with Gasteiger partial charge in [0.15, 0.2) is 0 Å². The van der Waals surface area contributed by atoms with Crippen molar-refractivity contribution in [2.45, 2.75) is 19.4 Å². The Bertz CT molecular complexity index is 207. The van der Waals surface area contributed by atoms with Gasteiger partial charge in [-0.2, -0.15) is 0 Å². The highest BCUT2D eigenvalue weighted by Gasteiger charge is 2.32. The topological polar surface area (TPSA) is 44.4 Å². The van der Waals surface area contributed by atoms with E-state index >= 15 is 0 Å². The van der Waals surface area contributed by atoms with Crippen LogP contribution < -0.4 is 10.6 Å². The van der Waals surface area contributed by atoms with Gasteiger partial charge in [-0.15, -0.1) is 0 Å². The maximum Gasteiger partial charge on any atom is 0.317 e. The van der Waals surface area contributed by atoms with Crippen molar-refractivity contribution >= 4 is 6.03 Å². The zero-order chi connectivity index (χ0) is 9.26.